The van der Waals surface area contributed by atoms with Gasteiger partial charge in [0, 0.05) is 11.6 Å². The summed E-state index contributed by atoms with van der Waals surface area (Å²) in [5, 5.41) is 5.42. The van der Waals surface area contributed by atoms with Crippen molar-refractivity contribution in [1.29, 1.82) is 0 Å². The minimum Gasteiger partial charge on any atom is -0.435 e. The summed E-state index contributed by atoms with van der Waals surface area (Å²) in [7, 11) is 0. The van der Waals surface area contributed by atoms with Crippen molar-refractivity contribution < 1.29 is 23.1 Å². The first-order chi connectivity index (χ1) is 13.4. The summed E-state index contributed by atoms with van der Waals surface area (Å²) < 4.78 is 28.8. The van der Waals surface area contributed by atoms with E-state index in [1.165, 1.54) is 30.3 Å². The number of rotatable bonds is 8. The van der Waals surface area contributed by atoms with Gasteiger partial charge in [-0.15, -0.1) is 0 Å². The van der Waals surface area contributed by atoms with Crippen LogP contribution in [-0.2, 0) is 4.79 Å². The van der Waals surface area contributed by atoms with Gasteiger partial charge in [-0.2, -0.15) is 8.78 Å². The number of carbonyl (C=O) groups is 2. The molecule has 0 radical (unpaired) electrons. The Bertz CT molecular complexity index is 821. The lowest BCUT2D eigenvalue weighted by Gasteiger charge is -2.15. The summed E-state index contributed by atoms with van der Waals surface area (Å²) in [4.78, 5) is 25.0. The number of hydrogen-bond donors (Lipinski definition) is 2. The van der Waals surface area contributed by atoms with Crippen molar-refractivity contribution in [3.05, 3.63) is 71.4 Å². The van der Waals surface area contributed by atoms with Crippen LogP contribution in [0.2, 0.25) is 0 Å². The first kappa shape index (κ1) is 21.1. The lowest BCUT2D eigenvalue weighted by atomic mass is 10.1. The molecule has 0 fully saturated rings. The number of nitrogens with one attached hydrogen (secondary N) is 2. The van der Waals surface area contributed by atoms with Crippen LogP contribution in [-0.4, -0.2) is 24.5 Å². The second-order valence-corrected chi connectivity index (χ2v) is 6.11. The van der Waals surface area contributed by atoms with E-state index in [-0.39, 0.29) is 17.5 Å². The van der Waals surface area contributed by atoms with Gasteiger partial charge in [0.25, 0.3) is 11.8 Å². The maximum Gasteiger partial charge on any atom is 0.387 e. The van der Waals surface area contributed by atoms with Crippen LogP contribution in [0.25, 0.3) is 6.08 Å². The Kier molecular flexibility index (Phi) is 7.68. The molecule has 2 aromatic carbocycles. The van der Waals surface area contributed by atoms with Crippen LogP contribution >= 0.6 is 0 Å². The van der Waals surface area contributed by atoms with E-state index in [4.69, 9.17) is 0 Å². The highest BCUT2D eigenvalue weighted by molar-refractivity contribution is 6.05. The highest BCUT2D eigenvalue weighted by Gasteiger charge is 2.16. The van der Waals surface area contributed by atoms with Crippen LogP contribution in [0.3, 0.4) is 0 Å². The third kappa shape index (κ3) is 6.50. The summed E-state index contributed by atoms with van der Waals surface area (Å²) in [5.41, 5.74) is 1.01. The molecule has 0 saturated carbocycles. The molecule has 0 bridgehead atoms. The Balaban J connectivity index is 2.25. The lowest BCUT2D eigenvalue weighted by molar-refractivity contribution is -0.118. The Morgan fingerprint density at radius 3 is 2.29 bits per heavy atom. The summed E-state index contributed by atoms with van der Waals surface area (Å²) >= 11 is 0. The van der Waals surface area contributed by atoms with Gasteiger partial charge in [0.15, 0.2) is 0 Å². The van der Waals surface area contributed by atoms with Gasteiger partial charge in [-0.3, -0.25) is 9.59 Å². The zero-order chi connectivity index (χ0) is 20.5. The van der Waals surface area contributed by atoms with Gasteiger partial charge >= 0.3 is 6.61 Å². The largest absolute Gasteiger partial charge is 0.435 e. The second kappa shape index (κ2) is 10.2. The number of benzene rings is 2. The predicted molar refractivity (Wildman–Crippen MR) is 103 cm³/mol. The highest BCUT2D eigenvalue weighted by atomic mass is 19.3. The van der Waals surface area contributed by atoms with E-state index in [1.54, 1.807) is 30.3 Å². The van der Waals surface area contributed by atoms with Crippen molar-refractivity contribution in [2.75, 3.05) is 0 Å². The molecule has 1 unspecified atom stereocenters. The first-order valence-corrected chi connectivity index (χ1v) is 8.83. The fourth-order valence-electron chi connectivity index (χ4n) is 2.26. The van der Waals surface area contributed by atoms with Crippen molar-refractivity contribution in [3.63, 3.8) is 0 Å². The summed E-state index contributed by atoms with van der Waals surface area (Å²) in [6.07, 6.45) is 2.20. The Morgan fingerprint density at radius 1 is 1.07 bits per heavy atom. The molecule has 2 rings (SSSR count). The van der Waals surface area contributed by atoms with Crippen LogP contribution in [0.5, 0.6) is 5.75 Å². The van der Waals surface area contributed by atoms with Crippen LogP contribution in [0.15, 0.2) is 60.3 Å². The van der Waals surface area contributed by atoms with E-state index in [9.17, 15) is 18.4 Å². The third-order valence-electron chi connectivity index (χ3n) is 3.93. The van der Waals surface area contributed by atoms with Gasteiger partial charge in [-0.1, -0.05) is 37.3 Å². The van der Waals surface area contributed by atoms with Gasteiger partial charge in [0.1, 0.15) is 11.4 Å². The molecule has 28 heavy (non-hydrogen) atoms. The Morgan fingerprint density at radius 2 is 1.71 bits per heavy atom. The molecule has 0 aliphatic heterocycles. The van der Waals surface area contributed by atoms with Crippen molar-refractivity contribution in [3.8, 4) is 5.75 Å². The van der Waals surface area contributed by atoms with Gasteiger partial charge < -0.3 is 15.4 Å². The molecule has 0 heterocycles. The number of hydrogen-bond acceptors (Lipinski definition) is 3. The van der Waals surface area contributed by atoms with E-state index >= 15 is 0 Å². The number of amides is 2. The molecular formula is C21H22F2N2O3. The molecule has 0 saturated heterocycles. The van der Waals surface area contributed by atoms with E-state index in [0.29, 0.717) is 11.1 Å². The van der Waals surface area contributed by atoms with Crippen molar-refractivity contribution >= 4 is 17.9 Å². The molecule has 1 atom stereocenters. The predicted octanol–water partition coefficient (Wildman–Crippen LogP) is 3.97. The Hall–Kier alpha value is -3.22. The zero-order valence-corrected chi connectivity index (χ0v) is 15.6. The molecule has 2 aromatic rings. The molecule has 5 nitrogen and oxygen atoms in total. The first-order valence-electron chi connectivity index (χ1n) is 8.83. The minimum absolute atomic E-state index is 0.00563. The molecule has 0 aliphatic carbocycles. The van der Waals surface area contributed by atoms with Gasteiger partial charge in [-0.25, -0.2) is 0 Å². The standard InChI is InChI=1S/C21H22F2N2O3/c1-3-14(2)24-20(27)18(25-19(26)16-7-5-4-6-8-16)13-15-9-11-17(12-10-15)28-21(22)23/h4-14,21H,3H2,1-2H3,(H,24,27)(H,25,26)/b18-13-. The second-order valence-electron chi connectivity index (χ2n) is 6.11. The SMILES string of the molecule is CCC(C)NC(=O)/C(=C/c1ccc(OC(F)F)cc1)NC(=O)c1ccccc1. The molecule has 2 N–H and O–H groups in total. The summed E-state index contributed by atoms with van der Waals surface area (Å²) in [6.45, 7) is 0.868. The van der Waals surface area contributed by atoms with Crippen LogP contribution in [0, 0.1) is 0 Å². The quantitative estimate of drug-likeness (QED) is 0.673. The fourth-order valence-corrected chi connectivity index (χ4v) is 2.26. The maximum absolute atomic E-state index is 12.6. The lowest BCUT2D eigenvalue weighted by Crippen LogP contribution is -2.38. The van der Waals surface area contributed by atoms with Crippen molar-refractivity contribution in [2.24, 2.45) is 0 Å². The number of halogens is 2. The van der Waals surface area contributed by atoms with Crippen LogP contribution < -0.4 is 15.4 Å². The van der Waals surface area contributed by atoms with Gasteiger partial charge in [0.2, 0.25) is 0 Å². The van der Waals surface area contributed by atoms with Gasteiger partial charge in [-0.05, 0) is 49.2 Å². The third-order valence-corrected chi connectivity index (χ3v) is 3.93. The molecule has 2 amide bonds. The average molecular weight is 388 g/mol. The van der Waals surface area contributed by atoms with E-state index in [1.807, 2.05) is 13.8 Å². The Labute approximate surface area is 162 Å². The monoisotopic (exact) mass is 388 g/mol. The molecule has 0 aromatic heterocycles. The number of alkyl halides is 2. The fraction of sp³-hybridized carbons (Fsp3) is 0.238. The zero-order valence-electron chi connectivity index (χ0n) is 15.6. The topological polar surface area (TPSA) is 67.4 Å². The van der Waals surface area contributed by atoms with Crippen LogP contribution in [0.1, 0.15) is 36.2 Å². The van der Waals surface area contributed by atoms with E-state index in [0.717, 1.165) is 6.42 Å². The molecule has 0 aliphatic rings. The molecule has 148 valence electrons. The number of ether oxygens (including phenoxy) is 1. The van der Waals surface area contributed by atoms with Crippen molar-refractivity contribution in [2.45, 2.75) is 32.9 Å². The van der Waals surface area contributed by atoms with E-state index < -0.39 is 18.4 Å². The smallest absolute Gasteiger partial charge is 0.387 e. The molecular weight excluding hydrogens is 366 g/mol. The van der Waals surface area contributed by atoms with Crippen LogP contribution in [0.4, 0.5) is 8.78 Å². The minimum atomic E-state index is -2.91. The molecule has 7 heteroatoms. The number of carbonyl (C=O) groups excluding carboxylic acids is 2. The average Bonchev–Trinajstić information content (AvgIpc) is 2.68. The highest BCUT2D eigenvalue weighted by Crippen LogP contribution is 2.16. The normalized spacial score (nSPS) is 12.4. The maximum atomic E-state index is 12.6. The van der Waals surface area contributed by atoms with Gasteiger partial charge in [0.05, 0.1) is 0 Å². The summed E-state index contributed by atoms with van der Waals surface area (Å²) in [6, 6.07) is 14.2. The summed E-state index contributed by atoms with van der Waals surface area (Å²) in [5.74, 6) is -0.860. The van der Waals surface area contributed by atoms with E-state index in [2.05, 4.69) is 15.4 Å². The van der Waals surface area contributed by atoms with Crippen molar-refractivity contribution in [1.82, 2.24) is 10.6 Å². The molecule has 0 spiro atoms.